The molecule has 0 radical (unpaired) electrons. The summed E-state index contributed by atoms with van der Waals surface area (Å²) in [7, 11) is 0. The molecule has 5 aliphatic rings. The van der Waals surface area contributed by atoms with Crippen LogP contribution in [0.3, 0.4) is 0 Å². The molecule has 0 amide bonds. The van der Waals surface area contributed by atoms with E-state index in [-0.39, 0.29) is 11.5 Å². The predicted octanol–water partition coefficient (Wildman–Crippen LogP) is 5.63. The number of aliphatic hydroxyl groups excluding tert-OH is 4. The van der Waals surface area contributed by atoms with Gasteiger partial charge in [-0.2, -0.15) is 0 Å². The maximum absolute atomic E-state index is 10.5. The molecule has 14 atom stereocenters. The van der Waals surface area contributed by atoms with Crippen LogP contribution in [0.2, 0.25) is 0 Å². The Bertz CT molecular complexity index is 960. The molecule has 1 heterocycles. The standard InChI is InChI=1S/C35H58O6/c1-7-22(20(2)3)9-8-21(4)26-12-13-27-25-11-10-23-18-24(14-16-34(23,5)28(25)15-17-35(26,27)6)40-33-32(39)31(38)30(37)29(19-36)41-33/h8-9,11,20-24,26-33,36-39H,7,10,12-19H2,1-6H3/b9-8+/t21-,22?,23+,24-,26-,27+,28+,29-,30-,31+,32-,33-,34+,35-/m1/s1. The molecular weight excluding hydrogens is 516 g/mol. The van der Waals surface area contributed by atoms with Crippen molar-refractivity contribution < 1.29 is 29.9 Å². The van der Waals surface area contributed by atoms with Gasteiger partial charge in [0, 0.05) is 0 Å². The average molecular weight is 575 g/mol. The minimum Gasteiger partial charge on any atom is -0.394 e. The van der Waals surface area contributed by atoms with Gasteiger partial charge in [0.05, 0.1) is 12.7 Å². The fraction of sp³-hybridized carbons (Fsp3) is 0.886. The van der Waals surface area contributed by atoms with Gasteiger partial charge in [-0.05, 0) is 110 Å². The van der Waals surface area contributed by atoms with Crippen LogP contribution in [0.5, 0.6) is 0 Å². The molecule has 234 valence electrons. The number of aliphatic hydroxyl groups is 4. The second-order valence-corrected chi connectivity index (χ2v) is 15.3. The number of hydrogen-bond donors (Lipinski definition) is 4. The maximum Gasteiger partial charge on any atom is 0.186 e. The van der Waals surface area contributed by atoms with Gasteiger partial charge in [-0.15, -0.1) is 0 Å². The first kappa shape index (κ1) is 31.7. The van der Waals surface area contributed by atoms with Gasteiger partial charge in [0.15, 0.2) is 6.29 Å². The maximum atomic E-state index is 10.5. The van der Waals surface area contributed by atoms with E-state index in [1.165, 1.54) is 32.1 Å². The normalized spacial score (nSPS) is 47.9. The van der Waals surface area contributed by atoms with Crippen molar-refractivity contribution in [1.82, 2.24) is 0 Å². The fourth-order valence-corrected chi connectivity index (χ4v) is 10.2. The van der Waals surface area contributed by atoms with E-state index < -0.39 is 37.3 Å². The first-order chi connectivity index (χ1) is 19.4. The lowest BCUT2D eigenvalue weighted by Crippen LogP contribution is -2.60. The van der Waals surface area contributed by atoms with Gasteiger partial charge in [-0.3, -0.25) is 0 Å². The van der Waals surface area contributed by atoms with E-state index in [1.54, 1.807) is 5.57 Å². The van der Waals surface area contributed by atoms with Crippen LogP contribution in [0.25, 0.3) is 0 Å². The van der Waals surface area contributed by atoms with Crippen LogP contribution in [0.15, 0.2) is 23.8 Å². The number of rotatable bonds is 8. The highest BCUT2D eigenvalue weighted by Gasteiger charge is 2.58. The lowest BCUT2D eigenvalue weighted by molar-refractivity contribution is -0.315. The third kappa shape index (κ3) is 5.64. The molecule has 1 unspecified atom stereocenters. The van der Waals surface area contributed by atoms with Crippen LogP contribution in [0, 0.1) is 52.3 Å². The van der Waals surface area contributed by atoms with Crippen molar-refractivity contribution in [3.05, 3.63) is 23.8 Å². The van der Waals surface area contributed by atoms with Crippen molar-refractivity contribution in [3.8, 4) is 0 Å². The van der Waals surface area contributed by atoms with Crippen LogP contribution in [-0.2, 0) is 9.47 Å². The number of hydrogen-bond acceptors (Lipinski definition) is 6. The molecule has 4 aliphatic carbocycles. The van der Waals surface area contributed by atoms with E-state index in [9.17, 15) is 20.4 Å². The summed E-state index contributed by atoms with van der Waals surface area (Å²) >= 11 is 0. The van der Waals surface area contributed by atoms with Crippen molar-refractivity contribution in [2.75, 3.05) is 6.61 Å². The van der Waals surface area contributed by atoms with E-state index in [0.29, 0.717) is 40.9 Å². The lowest BCUT2D eigenvalue weighted by atomic mass is 9.47. The Morgan fingerprint density at radius 2 is 1.66 bits per heavy atom. The minimum atomic E-state index is -1.40. The third-order valence-electron chi connectivity index (χ3n) is 12.9. The predicted molar refractivity (Wildman–Crippen MR) is 161 cm³/mol. The van der Waals surface area contributed by atoms with E-state index in [0.717, 1.165) is 31.6 Å². The molecule has 41 heavy (non-hydrogen) atoms. The summed E-state index contributed by atoms with van der Waals surface area (Å²) in [4.78, 5) is 0. The quantitative estimate of drug-likeness (QED) is 0.281. The Morgan fingerprint density at radius 1 is 0.951 bits per heavy atom. The molecule has 4 N–H and O–H groups in total. The van der Waals surface area contributed by atoms with E-state index in [1.807, 2.05) is 0 Å². The van der Waals surface area contributed by atoms with E-state index in [2.05, 4.69) is 59.8 Å². The minimum absolute atomic E-state index is 0.0698. The number of ether oxygens (including phenoxy) is 2. The highest BCUT2D eigenvalue weighted by molar-refractivity contribution is 5.28. The highest BCUT2D eigenvalue weighted by Crippen LogP contribution is 2.67. The molecule has 0 bridgehead atoms. The van der Waals surface area contributed by atoms with Gasteiger partial charge in [-0.1, -0.05) is 65.3 Å². The summed E-state index contributed by atoms with van der Waals surface area (Å²) in [6.45, 7) is 14.2. The van der Waals surface area contributed by atoms with Gasteiger partial charge in [0.25, 0.3) is 0 Å². The van der Waals surface area contributed by atoms with Crippen molar-refractivity contribution in [2.24, 2.45) is 52.3 Å². The second-order valence-electron chi connectivity index (χ2n) is 15.3. The zero-order valence-corrected chi connectivity index (χ0v) is 26.4. The lowest BCUT2D eigenvalue weighted by Gasteiger charge is -2.58. The zero-order chi connectivity index (χ0) is 29.7. The topological polar surface area (TPSA) is 99.4 Å². The first-order valence-electron chi connectivity index (χ1n) is 16.8. The van der Waals surface area contributed by atoms with Crippen molar-refractivity contribution in [2.45, 2.75) is 136 Å². The zero-order valence-electron chi connectivity index (χ0n) is 26.4. The van der Waals surface area contributed by atoms with Crippen molar-refractivity contribution in [3.63, 3.8) is 0 Å². The second kappa shape index (κ2) is 12.3. The van der Waals surface area contributed by atoms with Gasteiger partial charge in [0.2, 0.25) is 0 Å². The largest absolute Gasteiger partial charge is 0.394 e. The number of allylic oxidation sites excluding steroid dienone is 4. The molecule has 1 saturated heterocycles. The SMILES string of the molecule is CCC(/C=C/[C@@H](C)[C@H]1CC[C@H]2C3=CC[C@H]4C[C@H](O[C@@H]5O[C@H](CO)[C@@H](O)[C@H](O)[C@H]5O)CC[C@]4(C)[C@H]3CC[C@]12C)C(C)C. The molecule has 0 aromatic carbocycles. The molecule has 0 aromatic heterocycles. The molecule has 0 aromatic rings. The Hall–Kier alpha value is -0.760. The summed E-state index contributed by atoms with van der Waals surface area (Å²) in [6.07, 6.45) is 12.0. The van der Waals surface area contributed by atoms with Crippen LogP contribution in [-0.4, -0.2) is 63.8 Å². The Morgan fingerprint density at radius 3 is 2.34 bits per heavy atom. The van der Waals surface area contributed by atoms with Crippen molar-refractivity contribution >= 4 is 0 Å². The van der Waals surface area contributed by atoms with Crippen LogP contribution < -0.4 is 0 Å². The summed E-state index contributed by atoms with van der Waals surface area (Å²) in [5.41, 5.74) is 2.41. The summed E-state index contributed by atoms with van der Waals surface area (Å²) < 4.78 is 11.9. The van der Waals surface area contributed by atoms with Crippen LogP contribution in [0.4, 0.5) is 0 Å². The van der Waals surface area contributed by atoms with Gasteiger partial charge >= 0.3 is 0 Å². The van der Waals surface area contributed by atoms with Gasteiger partial charge < -0.3 is 29.9 Å². The number of fused-ring (bicyclic) bond motifs is 5. The molecule has 0 spiro atoms. The first-order valence-corrected chi connectivity index (χ1v) is 16.8. The van der Waals surface area contributed by atoms with Gasteiger partial charge in [0.1, 0.15) is 24.4 Å². The molecule has 1 aliphatic heterocycles. The molecule has 4 fully saturated rings. The van der Waals surface area contributed by atoms with Crippen LogP contribution >= 0.6 is 0 Å². The average Bonchev–Trinajstić information content (AvgIpc) is 3.30. The van der Waals surface area contributed by atoms with Crippen molar-refractivity contribution in [1.29, 1.82) is 0 Å². The van der Waals surface area contributed by atoms with Gasteiger partial charge in [-0.25, -0.2) is 0 Å². The van der Waals surface area contributed by atoms with E-state index in [4.69, 9.17) is 9.47 Å². The summed E-state index contributed by atoms with van der Waals surface area (Å²) in [5.74, 6) is 4.61. The third-order valence-corrected chi connectivity index (χ3v) is 12.9. The Kier molecular flexibility index (Phi) is 9.51. The fourth-order valence-electron chi connectivity index (χ4n) is 10.2. The molecule has 6 heteroatoms. The Labute approximate surface area is 248 Å². The monoisotopic (exact) mass is 574 g/mol. The molecule has 3 saturated carbocycles. The molecule has 6 nitrogen and oxygen atoms in total. The van der Waals surface area contributed by atoms with Crippen LogP contribution in [0.1, 0.15) is 99.3 Å². The highest BCUT2D eigenvalue weighted by atomic mass is 16.7. The molecule has 5 rings (SSSR count). The summed E-state index contributed by atoms with van der Waals surface area (Å²) in [6, 6.07) is 0. The smallest absolute Gasteiger partial charge is 0.186 e. The molecular formula is C35H58O6. The summed E-state index contributed by atoms with van der Waals surface area (Å²) in [5, 5.41) is 40.4. The Balaban J connectivity index is 1.26. The van der Waals surface area contributed by atoms with E-state index >= 15 is 0 Å².